The summed E-state index contributed by atoms with van der Waals surface area (Å²) >= 11 is 0. The van der Waals surface area contributed by atoms with E-state index in [0.717, 1.165) is 81.0 Å². The lowest BCUT2D eigenvalue weighted by atomic mass is 9.90. The number of hydrogen-bond donors (Lipinski definition) is 1. The van der Waals surface area contributed by atoms with Crippen molar-refractivity contribution in [2.45, 2.75) is 78.5 Å². The maximum absolute atomic E-state index is 11.9. The van der Waals surface area contributed by atoms with Crippen molar-refractivity contribution in [1.82, 2.24) is 19.7 Å². The number of pyridine rings is 1. The van der Waals surface area contributed by atoms with Crippen LogP contribution in [0.15, 0.2) is 54.7 Å². The van der Waals surface area contributed by atoms with E-state index in [4.69, 9.17) is 14.5 Å². The first kappa shape index (κ1) is 30.0. The molecule has 0 spiro atoms. The highest BCUT2D eigenvalue weighted by Crippen LogP contribution is 2.34. The summed E-state index contributed by atoms with van der Waals surface area (Å²) in [6, 6.07) is 17.0. The normalized spacial score (nSPS) is 15.7. The van der Waals surface area contributed by atoms with Crippen LogP contribution >= 0.6 is 0 Å². The summed E-state index contributed by atoms with van der Waals surface area (Å²) in [4.78, 5) is 19.5. The summed E-state index contributed by atoms with van der Waals surface area (Å²) in [5.41, 5.74) is 9.02. The van der Waals surface area contributed by atoms with E-state index < -0.39 is 5.97 Å². The average molecular weight is 595 g/mol. The molecule has 2 aromatic carbocycles. The van der Waals surface area contributed by atoms with Crippen LogP contribution in [-0.4, -0.2) is 56.5 Å². The maximum atomic E-state index is 11.9. The van der Waals surface area contributed by atoms with Gasteiger partial charge in [-0.2, -0.15) is 5.10 Å². The van der Waals surface area contributed by atoms with E-state index in [0.29, 0.717) is 30.6 Å². The van der Waals surface area contributed by atoms with Gasteiger partial charge in [-0.1, -0.05) is 43.7 Å². The van der Waals surface area contributed by atoms with E-state index >= 15 is 0 Å². The number of carboxylic acids is 1. The number of aryl methyl sites for hydroxylation is 1. The predicted molar refractivity (Wildman–Crippen MR) is 171 cm³/mol. The molecule has 0 amide bonds. The van der Waals surface area contributed by atoms with E-state index in [2.05, 4.69) is 49.0 Å². The summed E-state index contributed by atoms with van der Waals surface area (Å²) in [5.74, 6) is 0.425. The lowest BCUT2D eigenvalue weighted by Crippen LogP contribution is -2.42. The molecule has 2 aliphatic rings. The Labute approximate surface area is 259 Å². The summed E-state index contributed by atoms with van der Waals surface area (Å²) in [6.07, 6.45) is 7.20. The molecule has 0 atom stereocenters. The topological polar surface area (TPSA) is 89.7 Å². The van der Waals surface area contributed by atoms with Crippen LogP contribution in [0.25, 0.3) is 17.1 Å². The minimum Gasteiger partial charge on any atom is -0.488 e. The quantitative estimate of drug-likeness (QED) is 0.218. The fourth-order valence-corrected chi connectivity index (χ4v) is 6.65. The largest absolute Gasteiger partial charge is 0.488 e. The Morgan fingerprint density at radius 3 is 2.70 bits per heavy atom. The molecule has 44 heavy (non-hydrogen) atoms. The number of carboxylic acid groups (broad SMARTS) is 1. The molecule has 6 rings (SSSR count). The van der Waals surface area contributed by atoms with Gasteiger partial charge in [-0.3, -0.25) is 4.90 Å². The smallest absolute Gasteiger partial charge is 0.339 e. The standard InChI is InChI=1S/C36H42N4O4/c1-4-5-11-33-31(36(41)42)21-37-40(33)34-12-7-10-32(38-34)30-9-6-8-24(2)35(30)44-23-27-14-13-26-22-39(18-15-29(26)25(27)3)28-16-19-43-20-17-28/h6-10,12-14,21,28H,4-5,11,15-20,22-23H2,1-3H3,(H,41,42). The first-order valence-electron chi connectivity index (χ1n) is 15.9. The molecular formula is C36H42N4O4. The second kappa shape index (κ2) is 13.3. The van der Waals surface area contributed by atoms with Crippen molar-refractivity contribution in [2.75, 3.05) is 19.8 Å². The number of hydrogen-bond acceptors (Lipinski definition) is 6. The number of aromatic nitrogens is 3. The molecule has 0 bridgehead atoms. The second-order valence-corrected chi connectivity index (χ2v) is 12.0. The molecule has 0 unspecified atom stereocenters. The molecule has 8 nitrogen and oxygen atoms in total. The number of fused-ring (bicyclic) bond motifs is 1. The molecule has 2 aliphatic heterocycles. The summed E-state index contributed by atoms with van der Waals surface area (Å²) in [6.45, 7) is 10.7. The van der Waals surface area contributed by atoms with Crippen molar-refractivity contribution < 1.29 is 19.4 Å². The molecule has 1 fully saturated rings. The molecule has 1 N–H and O–H groups in total. The number of unbranched alkanes of at least 4 members (excludes halogenated alkanes) is 1. The first-order chi connectivity index (χ1) is 21.4. The van der Waals surface area contributed by atoms with Gasteiger partial charge >= 0.3 is 5.97 Å². The predicted octanol–water partition coefficient (Wildman–Crippen LogP) is 6.71. The Morgan fingerprint density at radius 1 is 1.09 bits per heavy atom. The number of benzene rings is 2. The second-order valence-electron chi connectivity index (χ2n) is 12.0. The summed E-state index contributed by atoms with van der Waals surface area (Å²) < 4.78 is 13.8. The fraction of sp³-hybridized carbons (Fsp3) is 0.417. The minimum atomic E-state index is -0.970. The zero-order chi connectivity index (χ0) is 30.6. The fourth-order valence-electron chi connectivity index (χ4n) is 6.65. The van der Waals surface area contributed by atoms with Gasteiger partial charge < -0.3 is 14.6 Å². The third-order valence-electron chi connectivity index (χ3n) is 9.22. The lowest BCUT2D eigenvalue weighted by molar-refractivity contribution is 0.0290. The number of ether oxygens (including phenoxy) is 2. The first-order valence-corrected chi connectivity index (χ1v) is 15.9. The SMILES string of the molecule is CCCCc1c(C(=O)O)cnn1-c1cccc(-c2cccc(C)c2OCc2ccc3c(c2C)CCN(C2CCOCC2)C3)n1. The molecule has 230 valence electrons. The van der Waals surface area contributed by atoms with Crippen LogP contribution in [0.4, 0.5) is 0 Å². The summed E-state index contributed by atoms with van der Waals surface area (Å²) in [5, 5.41) is 14.2. The highest BCUT2D eigenvalue weighted by molar-refractivity contribution is 5.88. The third-order valence-corrected chi connectivity index (χ3v) is 9.22. The van der Waals surface area contributed by atoms with Gasteiger partial charge in [-0.15, -0.1) is 0 Å². The number of nitrogens with zero attached hydrogens (tertiary/aromatic N) is 4. The molecule has 8 heteroatoms. The summed E-state index contributed by atoms with van der Waals surface area (Å²) in [7, 11) is 0. The van der Waals surface area contributed by atoms with E-state index in [1.807, 2.05) is 30.3 Å². The van der Waals surface area contributed by atoms with Crippen molar-refractivity contribution >= 4 is 5.97 Å². The third kappa shape index (κ3) is 6.14. The number of para-hydroxylation sites is 1. The average Bonchev–Trinajstić information content (AvgIpc) is 3.48. The highest BCUT2D eigenvalue weighted by Gasteiger charge is 2.27. The number of carbonyl (C=O) groups is 1. The van der Waals surface area contributed by atoms with Gasteiger partial charge in [0.1, 0.15) is 17.9 Å². The lowest BCUT2D eigenvalue weighted by Gasteiger charge is -2.38. The zero-order valence-corrected chi connectivity index (χ0v) is 26.0. The molecule has 4 heterocycles. The Bertz CT molecular complexity index is 1640. The van der Waals surface area contributed by atoms with Crippen LogP contribution in [-0.2, 0) is 30.7 Å². The van der Waals surface area contributed by atoms with Crippen LogP contribution in [0.5, 0.6) is 5.75 Å². The van der Waals surface area contributed by atoms with Gasteiger partial charge in [0.05, 0.1) is 17.6 Å². The van der Waals surface area contributed by atoms with Crippen molar-refractivity contribution in [3.63, 3.8) is 0 Å². The van der Waals surface area contributed by atoms with Crippen molar-refractivity contribution in [3.05, 3.63) is 93.8 Å². The van der Waals surface area contributed by atoms with Gasteiger partial charge in [-0.05, 0) is 92.0 Å². The Balaban J connectivity index is 1.24. The van der Waals surface area contributed by atoms with Crippen LogP contribution in [0, 0.1) is 13.8 Å². The molecule has 0 radical (unpaired) electrons. The molecular weight excluding hydrogens is 552 g/mol. The van der Waals surface area contributed by atoms with E-state index in [-0.39, 0.29) is 5.56 Å². The van der Waals surface area contributed by atoms with Crippen LogP contribution in [0.3, 0.4) is 0 Å². The van der Waals surface area contributed by atoms with Crippen molar-refractivity contribution in [2.24, 2.45) is 0 Å². The van der Waals surface area contributed by atoms with Gasteiger partial charge in [0.15, 0.2) is 5.82 Å². The van der Waals surface area contributed by atoms with Crippen LogP contribution < -0.4 is 4.74 Å². The highest BCUT2D eigenvalue weighted by atomic mass is 16.5. The molecule has 2 aromatic heterocycles. The number of rotatable bonds is 10. The Hall–Kier alpha value is -4.01. The zero-order valence-electron chi connectivity index (χ0n) is 26.0. The Morgan fingerprint density at radius 2 is 1.91 bits per heavy atom. The van der Waals surface area contributed by atoms with E-state index in [1.54, 1.807) is 4.68 Å². The molecule has 1 saturated heterocycles. The van der Waals surface area contributed by atoms with Gasteiger partial charge in [0.25, 0.3) is 0 Å². The van der Waals surface area contributed by atoms with Crippen LogP contribution in [0.1, 0.15) is 76.5 Å². The molecule has 0 aliphatic carbocycles. The molecule has 0 saturated carbocycles. The maximum Gasteiger partial charge on any atom is 0.339 e. The van der Waals surface area contributed by atoms with E-state index in [9.17, 15) is 9.90 Å². The van der Waals surface area contributed by atoms with Gasteiger partial charge in [-0.25, -0.2) is 14.5 Å². The van der Waals surface area contributed by atoms with Gasteiger partial charge in [0, 0.05) is 37.9 Å². The minimum absolute atomic E-state index is 0.224. The van der Waals surface area contributed by atoms with Crippen molar-refractivity contribution in [1.29, 1.82) is 0 Å². The van der Waals surface area contributed by atoms with Crippen molar-refractivity contribution in [3.8, 4) is 22.8 Å². The van der Waals surface area contributed by atoms with Crippen LogP contribution in [0.2, 0.25) is 0 Å². The molecule has 4 aromatic rings. The van der Waals surface area contributed by atoms with E-state index in [1.165, 1.54) is 28.5 Å². The number of aromatic carboxylic acids is 1. The monoisotopic (exact) mass is 594 g/mol. The van der Waals surface area contributed by atoms with Gasteiger partial charge in [0.2, 0.25) is 0 Å². The Kier molecular flexibility index (Phi) is 9.09.